The second kappa shape index (κ2) is 5.38. The highest BCUT2D eigenvalue weighted by Crippen LogP contribution is 2.35. The average Bonchev–Trinajstić information content (AvgIpc) is 3.09. The quantitative estimate of drug-likeness (QED) is 0.661. The van der Waals surface area contributed by atoms with Crippen molar-refractivity contribution in [3.63, 3.8) is 0 Å². The second-order valence-electron chi connectivity index (χ2n) is 5.14. The summed E-state index contributed by atoms with van der Waals surface area (Å²) < 4.78 is 0. The molecule has 0 aromatic carbocycles. The van der Waals surface area contributed by atoms with Crippen LogP contribution in [0.15, 0.2) is 0 Å². The molecule has 0 heterocycles. The topological polar surface area (TPSA) is 78.4 Å². The van der Waals surface area contributed by atoms with E-state index in [2.05, 4.69) is 17.6 Å². The molecular formula is C12H22N2O3. The Bertz CT molecular complexity index is 302. The first-order valence-corrected chi connectivity index (χ1v) is 6.18. The van der Waals surface area contributed by atoms with Crippen molar-refractivity contribution < 1.29 is 14.7 Å². The van der Waals surface area contributed by atoms with Crippen LogP contribution in [0.5, 0.6) is 0 Å². The molecule has 98 valence electrons. The Kier molecular flexibility index (Phi) is 4.37. The van der Waals surface area contributed by atoms with Crippen LogP contribution in [0.3, 0.4) is 0 Å². The molecule has 0 spiro atoms. The number of rotatable bonds is 6. The minimum atomic E-state index is -1.19. The van der Waals surface area contributed by atoms with E-state index in [9.17, 15) is 9.59 Å². The van der Waals surface area contributed by atoms with Crippen LogP contribution in [0, 0.1) is 11.8 Å². The zero-order valence-electron chi connectivity index (χ0n) is 10.7. The summed E-state index contributed by atoms with van der Waals surface area (Å²) in [7, 11) is 0. The van der Waals surface area contributed by atoms with Gasteiger partial charge in [0.1, 0.15) is 5.54 Å². The van der Waals surface area contributed by atoms with Gasteiger partial charge in [-0.3, -0.25) is 0 Å². The molecule has 0 radical (unpaired) electrons. The number of aliphatic carboxylic acids is 1. The number of carboxylic acids is 1. The Hall–Kier alpha value is -1.26. The zero-order valence-corrected chi connectivity index (χ0v) is 10.7. The molecule has 2 amide bonds. The van der Waals surface area contributed by atoms with Crippen molar-refractivity contribution >= 4 is 12.0 Å². The summed E-state index contributed by atoms with van der Waals surface area (Å²) in [6.45, 7) is 5.96. The van der Waals surface area contributed by atoms with E-state index in [1.54, 1.807) is 6.92 Å². The van der Waals surface area contributed by atoms with Crippen molar-refractivity contribution in [2.24, 2.45) is 11.8 Å². The van der Waals surface area contributed by atoms with Crippen molar-refractivity contribution in [1.82, 2.24) is 10.6 Å². The molecule has 0 aromatic heterocycles. The predicted octanol–water partition coefficient (Wildman–Crippen LogP) is 1.59. The molecule has 0 bridgehead atoms. The fraction of sp³-hybridized carbons (Fsp3) is 0.833. The molecule has 1 rings (SSSR count). The zero-order chi connectivity index (χ0) is 13.1. The van der Waals surface area contributed by atoms with Gasteiger partial charge in [-0.05, 0) is 38.0 Å². The molecule has 1 saturated carbocycles. The van der Waals surface area contributed by atoms with Crippen molar-refractivity contribution in [1.29, 1.82) is 0 Å². The van der Waals surface area contributed by atoms with Gasteiger partial charge in [-0.2, -0.15) is 0 Å². The Morgan fingerprint density at radius 3 is 2.47 bits per heavy atom. The number of amides is 2. The van der Waals surface area contributed by atoms with Crippen LogP contribution in [-0.4, -0.2) is 29.2 Å². The summed E-state index contributed by atoms with van der Waals surface area (Å²) in [6.07, 6.45) is 2.84. The van der Waals surface area contributed by atoms with Gasteiger partial charge in [-0.15, -0.1) is 0 Å². The molecule has 17 heavy (non-hydrogen) atoms. The molecule has 1 aliphatic rings. The molecule has 5 nitrogen and oxygen atoms in total. The summed E-state index contributed by atoms with van der Waals surface area (Å²) in [4.78, 5) is 22.6. The Balaban J connectivity index is 2.34. The van der Waals surface area contributed by atoms with E-state index < -0.39 is 17.5 Å². The van der Waals surface area contributed by atoms with E-state index in [-0.39, 0.29) is 0 Å². The number of hydrogen-bond donors (Lipinski definition) is 3. The second-order valence-corrected chi connectivity index (χ2v) is 5.14. The highest BCUT2D eigenvalue weighted by atomic mass is 16.4. The third-order valence-electron chi connectivity index (χ3n) is 3.58. The number of carbonyl (C=O) groups is 2. The molecule has 2 unspecified atom stereocenters. The van der Waals surface area contributed by atoms with Gasteiger partial charge >= 0.3 is 12.0 Å². The number of urea groups is 1. The Labute approximate surface area is 102 Å². The van der Waals surface area contributed by atoms with E-state index in [0.717, 1.165) is 5.92 Å². The SMILES string of the molecule is CCC(C)(NC(=O)NCC(C)C1CC1)C(=O)O. The lowest BCUT2D eigenvalue weighted by atomic mass is 10.00. The van der Waals surface area contributed by atoms with Gasteiger partial charge < -0.3 is 15.7 Å². The molecule has 5 heteroatoms. The number of carbonyl (C=O) groups excluding carboxylic acids is 1. The normalized spacial score (nSPS) is 20.2. The third kappa shape index (κ3) is 3.91. The van der Waals surface area contributed by atoms with Gasteiger partial charge in [-0.25, -0.2) is 9.59 Å². The molecule has 1 aliphatic carbocycles. The molecule has 0 aromatic rings. The maximum Gasteiger partial charge on any atom is 0.329 e. The van der Waals surface area contributed by atoms with Crippen LogP contribution >= 0.6 is 0 Å². The van der Waals surface area contributed by atoms with Crippen LogP contribution < -0.4 is 10.6 Å². The fourth-order valence-corrected chi connectivity index (χ4v) is 1.67. The average molecular weight is 242 g/mol. The summed E-state index contributed by atoms with van der Waals surface area (Å²) >= 11 is 0. The molecule has 0 aliphatic heterocycles. The number of nitrogens with one attached hydrogen (secondary N) is 2. The molecule has 0 saturated heterocycles. The van der Waals surface area contributed by atoms with Gasteiger partial charge in [0.25, 0.3) is 0 Å². The van der Waals surface area contributed by atoms with Crippen molar-refractivity contribution in [2.75, 3.05) is 6.54 Å². The van der Waals surface area contributed by atoms with Crippen LogP contribution in [0.25, 0.3) is 0 Å². The standard InChI is InChI=1S/C12H22N2O3/c1-4-12(3,10(15)16)14-11(17)13-7-8(2)9-5-6-9/h8-9H,4-7H2,1-3H3,(H,15,16)(H2,13,14,17). The van der Waals surface area contributed by atoms with Crippen LogP contribution in [-0.2, 0) is 4.79 Å². The summed E-state index contributed by atoms with van der Waals surface area (Å²) in [5.74, 6) is 0.191. The Morgan fingerprint density at radius 1 is 1.47 bits per heavy atom. The minimum Gasteiger partial charge on any atom is -0.480 e. The molecule has 1 fully saturated rings. The predicted molar refractivity (Wildman–Crippen MR) is 64.8 cm³/mol. The molecule has 3 N–H and O–H groups in total. The van der Waals surface area contributed by atoms with Gasteiger partial charge in [0.15, 0.2) is 0 Å². The van der Waals surface area contributed by atoms with Gasteiger partial charge in [-0.1, -0.05) is 13.8 Å². The van der Waals surface area contributed by atoms with Gasteiger partial charge in [0.2, 0.25) is 0 Å². The number of carboxylic acid groups (broad SMARTS) is 1. The van der Waals surface area contributed by atoms with Crippen LogP contribution in [0.1, 0.15) is 40.0 Å². The van der Waals surface area contributed by atoms with Crippen molar-refractivity contribution in [3.05, 3.63) is 0 Å². The van der Waals surface area contributed by atoms with Crippen LogP contribution in [0.2, 0.25) is 0 Å². The lowest BCUT2D eigenvalue weighted by Gasteiger charge is -2.25. The first kappa shape index (κ1) is 13.8. The van der Waals surface area contributed by atoms with Gasteiger partial charge in [0.05, 0.1) is 0 Å². The first-order chi connectivity index (χ1) is 7.89. The number of hydrogen-bond acceptors (Lipinski definition) is 2. The fourth-order valence-electron chi connectivity index (χ4n) is 1.67. The maximum absolute atomic E-state index is 11.6. The highest BCUT2D eigenvalue weighted by Gasteiger charge is 2.33. The van der Waals surface area contributed by atoms with Crippen LogP contribution in [0.4, 0.5) is 4.79 Å². The lowest BCUT2D eigenvalue weighted by Crippen LogP contribution is -2.55. The van der Waals surface area contributed by atoms with Crippen molar-refractivity contribution in [3.8, 4) is 0 Å². The van der Waals surface area contributed by atoms with E-state index in [4.69, 9.17) is 5.11 Å². The summed E-state index contributed by atoms with van der Waals surface area (Å²) in [6, 6.07) is -0.399. The van der Waals surface area contributed by atoms with Crippen molar-refractivity contribution in [2.45, 2.75) is 45.6 Å². The Morgan fingerprint density at radius 2 is 2.06 bits per heavy atom. The smallest absolute Gasteiger partial charge is 0.329 e. The highest BCUT2D eigenvalue weighted by molar-refractivity contribution is 5.85. The van der Waals surface area contributed by atoms with E-state index in [1.807, 2.05) is 0 Å². The van der Waals surface area contributed by atoms with E-state index in [1.165, 1.54) is 19.8 Å². The summed E-state index contributed by atoms with van der Waals surface area (Å²) in [5, 5.41) is 14.3. The van der Waals surface area contributed by atoms with E-state index >= 15 is 0 Å². The minimum absolute atomic E-state index is 0.355. The van der Waals surface area contributed by atoms with Gasteiger partial charge in [0, 0.05) is 6.54 Å². The maximum atomic E-state index is 11.6. The largest absolute Gasteiger partial charge is 0.480 e. The first-order valence-electron chi connectivity index (χ1n) is 6.18. The summed E-state index contributed by atoms with van der Waals surface area (Å²) in [5.41, 5.74) is -1.19. The lowest BCUT2D eigenvalue weighted by molar-refractivity contribution is -0.143. The monoisotopic (exact) mass is 242 g/mol. The third-order valence-corrected chi connectivity index (χ3v) is 3.58. The molecular weight excluding hydrogens is 220 g/mol. The van der Waals surface area contributed by atoms with E-state index in [0.29, 0.717) is 18.9 Å². The molecule has 2 atom stereocenters.